The predicted molar refractivity (Wildman–Crippen MR) is 122 cm³/mol. The van der Waals surface area contributed by atoms with E-state index in [0.717, 1.165) is 4.90 Å². The standard InChI is InChI=1S/C24H24BFN2O6/c1-23(2)24(3,4)34-25(33-23)18-10-9-14(11-19(18)26)27-12-15(32-22(27)31)13-28-20(29)16-7-5-6-8-17(16)21(28)30/h5-11,15H,12-13H2,1-4H3/t15-/m0/s1. The van der Waals surface area contributed by atoms with Crippen LogP contribution < -0.4 is 10.4 Å². The third-order valence-corrected chi connectivity index (χ3v) is 6.94. The summed E-state index contributed by atoms with van der Waals surface area (Å²) in [5, 5.41) is 0. The Bertz CT molecular complexity index is 1160. The maximum Gasteiger partial charge on any atom is 0.497 e. The van der Waals surface area contributed by atoms with Crippen molar-refractivity contribution < 1.29 is 32.8 Å². The van der Waals surface area contributed by atoms with E-state index < -0.39 is 48.1 Å². The monoisotopic (exact) mass is 466 g/mol. The molecule has 0 saturated carbocycles. The molecule has 3 aliphatic heterocycles. The Morgan fingerprint density at radius 1 is 0.971 bits per heavy atom. The summed E-state index contributed by atoms with van der Waals surface area (Å²) < 4.78 is 32.2. The van der Waals surface area contributed by atoms with Gasteiger partial charge in [0.1, 0.15) is 11.9 Å². The Labute approximate surface area is 196 Å². The highest BCUT2D eigenvalue weighted by Crippen LogP contribution is 2.37. The van der Waals surface area contributed by atoms with Crippen molar-refractivity contribution in [2.24, 2.45) is 0 Å². The molecule has 3 heterocycles. The first kappa shape index (κ1) is 22.6. The summed E-state index contributed by atoms with van der Waals surface area (Å²) in [5.74, 6) is -1.42. The predicted octanol–water partition coefficient (Wildman–Crippen LogP) is 2.75. The Morgan fingerprint density at radius 2 is 1.56 bits per heavy atom. The summed E-state index contributed by atoms with van der Waals surface area (Å²) in [6, 6.07) is 10.9. The summed E-state index contributed by atoms with van der Waals surface area (Å²) in [5.41, 5.74) is -0.0363. The fraction of sp³-hybridized carbons (Fsp3) is 0.375. The average molecular weight is 466 g/mol. The van der Waals surface area contributed by atoms with Crippen LogP contribution in [-0.4, -0.2) is 60.3 Å². The topological polar surface area (TPSA) is 85.4 Å². The van der Waals surface area contributed by atoms with Crippen molar-refractivity contribution in [1.29, 1.82) is 0 Å². The lowest BCUT2D eigenvalue weighted by Crippen LogP contribution is -2.41. The number of benzene rings is 2. The first-order valence-electron chi connectivity index (χ1n) is 11.1. The molecule has 0 N–H and O–H groups in total. The fourth-order valence-electron chi connectivity index (χ4n) is 4.28. The highest BCUT2D eigenvalue weighted by atomic mass is 19.1. The first-order valence-corrected chi connectivity index (χ1v) is 11.1. The van der Waals surface area contributed by atoms with Crippen LogP contribution >= 0.6 is 0 Å². The van der Waals surface area contributed by atoms with Crippen molar-refractivity contribution in [3.8, 4) is 0 Å². The average Bonchev–Trinajstić information content (AvgIpc) is 3.33. The van der Waals surface area contributed by atoms with Crippen molar-refractivity contribution >= 4 is 36.2 Å². The molecule has 2 fully saturated rings. The van der Waals surface area contributed by atoms with E-state index in [1.165, 1.54) is 17.0 Å². The van der Waals surface area contributed by atoms with E-state index in [0.29, 0.717) is 16.8 Å². The number of anilines is 1. The molecule has 3 aliphatic rings. The van der Waals surface area contributed by atoms with E-state index in [1.807, 2.05) is 27.7 Å². The van der Waals surface area contributed by atoms with Gasteiger partial charge in [-0.25, -0.2) is 9.18 Å². The molecule has 2 aromatic carbocycles. The van der Waals surface area contributed by atoms with Crippen LogP contribution in [0.3, 0.4) is 0 Å². The van der Waals surface area contributed by atoms with Gasteiger partial charge in [0, 0.05) is 5.46 Å². The zero-order valence-electron chi connectivity index (χ0n) is 19.3. The van der Waals surface area contributed by atoms with Gasteiger partial charge >= 0.3 is 13.2 Å². The van der Waals surface area contributed by atoms with Crippen LogP contribution in [0, 0.1) is 5.82 Å². The lowest BCUT2D eigenvalue weighted by atomic mass is 9.78. The molecule has 176 valence electrons. The number of cyclic esters (lactones) is 1. The van der Waals surface area contributed by atoms with Gasteiger partial charge in [0.2, 0.25) is 0 Å². The fourth-order valence-corrected chi connectivity index (χ4v) is 4.28. The Kier molecular flexibility index (Phi) is 5.07. The van der Waals surface area contributed by atoms with E-state index in [9.17, 15) is 14.4 Å². The van der Waals surface area contributed by atoms with Gasteiger partial charge in [0.25, 0.3) is 11.8 Å². The van der Waals surface area contributed by atoms with E-state index >= 15 is 4.39 Å². The van der Waals surface area contributed by atoms with Crippen molar-refractivity contribution in [2.75, 3.05) is 18.0 Å². The van der Waals surface area contributed by atoms with Gasteiger partial charge in [-0.2, -0.15) is 0 Å². The molecule has 0 bridgehead atoms. The van der Waals surface area contributed by atoms with Crippen LogP contribution in [0.5, 0.6) is 0 Å². The molecule has 8 nitrogen and oxygen atoms in total. The zero-order valence-corrected chi connectivity index (χ0v) is 19.3. The number of carbonyl (C=O) groups is 3. The highest BCUT2D eigenvalue weighted by Gasteiger charge is 2.52. The van der Waals surface area contributed by atoms with Gasteiger partial charge in [-0.3, -0.25) is 19.4 Å². The summed E-state index contributed by atoms with van der Waals surface area (Å²) in [7, 11) is -0.869. The molecule has 5 rings (SSSR count). The third-order valence-electron chi connectivity index (χ3n) is 6.94. The van der Waals surface area contributed by atoms with E-state index in [1.54, 1.807) is 30.3 Å². The van der Waals surface area contributed by atoms with Gasteiger partial charge < -0.3 is 14.0 Å². The van der Waals surface area contributed by atoms with Crippen molar-refractivity contribution in [3.63, 3.8) is 0 Å². The molecular formula is C24H24BFN2O6. The van der Waals surface area contributed by atoms with Crippen LogP contribution in [-0.2, 0) is 14.0 Å². The molecule has 3 amide bonds. The maximum absolute atomic E-state index is 15.0. The number of nitrogens with zero attached hydrogens (tertiary/aromatic N) is 2. The molecule has 0 aromatic heterocycles. The number of hydrogen-bond acceptors (Lipinski definition) is 6. The highest BCUT2D eigenvalue weighted by molar-refractivity contribution is 6.62. The molecule has 1 atom stereocenters. The van der Waals surface area contributed by atoms with Crippen LogP contribution in [0.25, 0.3) is 0 Å². The summed E-state index contributed by atoms with van der Waals surface area (Å²) >= 11 is 0. The quantitative estimate of drug-likeness (QED) is 0.509. The van der Waals surface area contributed by atoms with E-state index in [2.05, 4.69) is 0 Å². The van der Waals surface area contributed by atoms with Crippen LogP contribution in [0.4, 0.5) is 14.9 Å². The number of halogens is 1. The smallest absolute Gasteiger partial charge is 0.442 e. The SMILES string of the molecule is CC1(C)OB(c2ccc(N3C[C@@H](CN4C(=O)c5ccccc5C4=O)OC3=O)cc2F)OC1(C)C. The molecular weight excluding hydrogens is 442 g/mol. The maximum atomic E-state index is 15.0. The number of hydrogen-bond donors (Lipinski definition) is 0. The van der Waals surface area contributed by atoms with E-state index in [4.69, 9.17) is 14.0 Å². The van der Waals surface area contributed by atoms with Crippen molar-refractivity contribution in [1.82, 2.24) is 4.90 Å². The van der Waals surface area contributed by atoms with Crippen molar-refractivity contribution in [2.45, 2.75) is 45.0 Å². The summed E-state index contributed by atoms with van der Waals surface area (Å²) in [6.45, 7) is 7.52. The number of amides is 3. The molecule has 0 unspecified atom stereocenters. The molecule has 34 heavy (non-hydrogen) atoms. The van der Waals surface area contributed by atoms with Crippen LogP contribution in [0.2, 0.25) is 0 Å². The molecule has 2 aromatic rings. The molecule has 0 radical (unpaired) electrons. The lowest BCUT2D eigenvalue weighted by molar-refractivity contribution is 0.00578. The van der Waals surface area contributed by atoms with Gasteiger partial charge in [0.15, 0.2) is 0 Å². The molecule has 0 spiro atoms. The number of imide groups is 1. The number of carbonyl (C=O) groups excluding carboxylic acids is 3. The number of fused-ring (bicyclic) bond motifs is 1. The molecule has 10 heteroatoms. The molecule has 0 aliphatic carbocycles. The third kappa shape index (κ3) is 3.49. The summed E-state index contributed by atoms with van der Waals surface area (Å²) in [4.78, 5) is 40.1. The normalized spacial score (nSPS) is 23.0. The van der Waals surface area contributed by atoms with Gasteiger partial charge in [0.05, 0.1) is 41.1 Å². The Morgan fingerprint density at radius 3 is 2.12 bits per heavy atom. The second-order valence-electron chi connectivity index (χ2n) is 9.68. The van der Waals surface area contributed by atoms with Gasteiger partial charge in [-0.1, -0.05) is 18.2 Å². The Balaban J connectivity index is 1.30. The second-order valence-corrected chi connectivity index (χ2v) is 9.68. The first-order chi connectivity index (χ1) is 16.0. The number of ether oxygens (including phenoxy) is 1. The minimum Gasteiger partial charge on any atom is -0.442 e. The van der Waals surface area contributed by atoms with Crippen LogP contribution in [0.1, 0.15) is 48.4 Å². The van der Waals surface area contributed by atoms with E-state index in [-0.39, 0.29) is 18.6 Å². The molecule has 2 saturated heterocycles. The minimum absolute atomic E-state index is 0.0709. The van der Waals surface area contributed by atoms with Gasteiger partial charge in [-0.15, -0.1) is 0 Å². The summed E-state index contributed by atoms with van der Waals surface area (Å²) in [6.07, 6.45) is -1.41. The largest absolute Gasteiger partial charge is 0.497 e. The number of rotatable bonds is 4. The zero-order chi connectivity index (χ0) is 24.4. The van der Waals surface area contributed by atoms with Crippen LogP contribution in [0.15, 0.2) is 42.5 Å². The lowest BCUT2D eigenvalue weighted by Gasteiger charge is -2.32. The van der Waals surface area contributed by atoms with Gasteiger partial charge in [-0.05, 0) is 52.0 Å². The second kappa shape index (κ2) is 7.64. The van der Waals surface area contributed by atoms with Crippen molar-refractivity contribution in [3.05, 3.63) is 59.4 Å². The Hall–Kier alpha value is -3.24. The minimum atomic E-state index is -0.869.